The number of carbonyl (C=O) groups is 2. The van der Waals surface area contributed by atoms with E-state index in [1.807, 2.05) is 36.1 Å². The molecule has 6 heteroatoms. The van der Waals surface area contributed by atoms with Crippen molar-refractivity contribution < 1.29 is 14.3 Å². The Hall–Kier alpha value is -3.28. The van der Waals surface area contributed by atoms with Crippen molar-refractivity contribution in [3.8, 4) is 5.75 Å². The lowest BCUT2D eigenvalue weighted by Crippen LogP contribution is -2.55. The maximum absolute atomic E-state index is 13.5. The van der Waals surface area contributed by atoms with E-state index >= 15 is 0 Å². The summed E-state index contributed by atoms with van der Waals surface area (Å²) in [6, 6.07) is 13.1. The number of para-hydroxylation sites is 3. The minimum Gasteiger partial charge on any atom is -0.479 e. The highest BCUT2D eigenvalue weighted by Gasteiger charge is 2.39. The van der Waals surface area contributed by atoms with Gasteiger partial charge in [0.15, 0.2) is 6.10 Å². The highest BCUT2D eigenvalue weighted by Crippen LogP contribution is 2.36. The summed E-state index contributed by atoms with van der Waals surface area (Å²) in [7, 11) is 0. The fraction of sp³-hybridized carbons (Fsp3) is 0.333. The maximum atomic E-state index is 13.5. The van der Waals surface area contributed by atoms with E-state index in [0.717, 1.165) is 11.9 Å². The van der Waals surface area contributed by atoms with E-state index in [9.17, 15) is 9.59 Å². The van der Waals surface area contributed by atoms with Gasteiger partial charge in [-0.15, -0.1) is 0 Å². The van der Waals surface area contributed by atoms with Crippen molar-refractivity contribution in [3.05, 3.63) is 59.3 Å². The molecule has 6 nitrogen and oxygen atoms in total. The number of aromatic amines is 1. The molecule has 3 aromatic rings. The molecule has 0 saturated carbocycles. The van der Waals surface area contributed by atoms with E-state index < -0.39 is 12.1 Å². The smallest absolute Gasteiger partial charge is 0.268 e. The van der Waals surface area contributed by atoms with E-state index in [1.54, 1.807) is 11.8 Å². The summed E-state index contributed by atoms with van der Waals surface area (Å²) in [6.45, 7) is 6.82. The summed E-state index contributed by atoms with van der Waals surface area (Å²) in [5, 5.41) is 1.18. The fourth-order valence-corrected chi connectivity index (χ4v) is 4.66. The molecule has 2 amide bonds. The first-order chi connectivity index (χ1) is 14.5. The molecule has 5 rings (SSSR count). The number of aromatic nitrogens is 1. The van der Waals surface area contributed by atoms with Gasteiger partial charge >= 0.3 is 0 Å². The first-order valence-electron chi connectivity index (χ1n) is 10.4. The Morgan fingerprint density at radius 2 is 2.00 bits per heavy atom. The van der Waals surface area contributed by atoms with Gasteiger partial charge in [-0.05, 0) is 38.5 Å². The highest BCUT2D eigenvalue weighted by atomic mass is 16.5. The number of amides is 2. The largest absolute Gasteiger partial charge is 0.479 e. The Balaban J connectivity index is 1.45. The van der Waals surface area contributed by atoms with Gasteiger partial charge in [-0.3, -0.25) is 14.5 Å². The molecule has 1 aromatic heterocycles. The molecule has 2 atom stereocenters. The van der Waals surface area contributed by atoms with E-state index in [4.69, 9.17) is 4.74 Å². The Morgan fingerprint density at radius 1 is 1.20 bits per heavy atom. The van der Waals surface area contributed by atoms with Crippen LogP contribution in [-0.4, -0.2) is 40.4 Å². The number of anilines is 1. The number of ether oxygens (including phenoxy) is 1. The number of fused-ring (bicyclic) bond motifs is 4. The molecule has 0 saturated heterocycles. The van der Waals surface area contributed by atoms with Crippen molar-refractivity contribution in [2.45, 2.75) is 45.9 Å². The first kappa shape index (κ1) is 18.7. The zero-order valence-corrected chi connectivity index (χ0v) is 17.4. The second-order valence-electron chi connectivity index (χ2n) is 8.20. The van der Waals surface area contributed by atoms with Crippen molar-refractivity contribution in [3.63, 3.8) is 0 Å². The van der Waals surface area contributed by atoms with Crippen LogP contribution in [0.3, 0.4) is 0 Å². The molecule has 0 radical (unpaired) electrons. The van der Waals surface area contributed by atoms with E-state index in [2.05, 4.69) is 30.1 Å². The fourth-order valence-electron chi connectivity index (χ4n) is 4.66. The van der Waals surface area contributed by atoms with Gasteiger partial charge in [-0.1, -0.05) is 30.3 Å². The topological polar surface area (TPSA) is 65.6 Å². The van der Waals surface area contributed by atoms with Crippen LogP contribution < -0.4 is 9.64 Å². The van der Waals surface area contributed by atoms with Crippen LogP contribution in [0, 0.1) is 6.92 Å². The zero-order valence-electron chi connectivity index (χ0n) is 17.4. The van der Waals surface area contributed by atoms with Gasteiger partial charge in [-0.25, -0.2) is 0 Å². The molecule has 2 aliphatic rings. The van der Waals surface area contributed by atoms with Crippen molar-refractivity contribution in [2.24, 2.45) is 0 Å². The molecule has 0 aliphatic carbocycles. The lowest BCUT2D eigenvalue weighted by atomic mass is 10.0. The number of carbonyl (C=O) groups excluding carboxylic acids is 2. The third kappa shape index (κ3) is 2.78. The Morgan fingerprint density at radius 3 is 2.83 bits per heavy atom. The van der Waals surface area contributed by atoms with Gasteiger partial charge in [0, 0.05) is 41.7 Å². The second-order valence-corrected chi connectivity index (χ2v) is 8.20. The average molecular weight is 403 g/mol. The van der Waals surface area contributed by atoms with Gasteiger partial charge in [0.25, 0.3) is 5.91 Å². The van der Waals surface area contributed by atoms with Crippen LogP contribution in [-0.2, 0) is 22.6 Å². The summed E-state index contributed by atoms with van der Waals surface area (Å²) < 4.78 is 5.72. The molecule has 0 unspecified atom stereocenters. The van der Waals surface area contributed by atoms with Crippen molar-refractivity contribution >= 4 is 28.4 Å². The molecule has 0 bridgehead atoms. The summed E-state index contributed by atoms with van der Waals surface area (Å²) in [5.74, 6) is 0.409. The highest BCUT2D eigenvalue weighted by molar-refractivity contribution is 6.05. The van der Waals surface area contributed by atoms with Crippen LogP contribution >= 0.6 is 0 Å². The lowest BCUT2D eigenvalue weighted by Gasteiger charge is -2.38. The quantitative estimate of drug-likeness (QED) is 0.712. The second kappa shape index (κ2) is 6.90. The van der Waals surface area contributed by atoms with Crippen LogP contribution in [0.1, 0.15) is 30.7 Å². The molecule has 2 aromatic carbocycles. The molecular formula is C24H25N3O3. The number of benzene rings is 2. The summed E-state index contributed by atoms with van der Waals surface area (Å²) in [4.78, 5) is 33.4. The molecule has 30 heavy (non-hydrogen) atoms. The number of hydrogen-bond donors (Lipinski definition) is 1. The Kier molecular flexibility index (Phi) is 4.31. The number of hydrogen-bond acceptors (Lipinski definition) is 3. The molecular weight excluding hydrogens is 378 g/mol. The summed E-state index contributed by atoms with van der Waals surface area (Å²) in [6.07, 6.45) is 0.172. The van der Waals surface area contributed by atoms with Crippen LogP contribution in [0.2, 0.25) is 0 Å². The predicted molar refractivity (Wildman–Crippen MR) is 116 cm³/mol. The van der Waals surface area contributed by atoms with Gasteiger partial charge in [0.05, 0.1) is 5.69 Å². The Bertz CT molecular complexity index is 1170. The lowest BCUT2D eigenvalue weighted by molar-refractivity contribution is -0.136. The minimum absolute atomic E-state index is 0.0418. The average Bonchev–Trinajstić information content (AvgIpc) is 3.13. The van der Waals surface area contributed by atoms with Gasteiger partial charge in [0.2, 0.25) is 5.91 Å². The van der Waals surface area contributed by atoms with E-state index in [-0.39, 0.29) is 11.8 Å². The van der Waals surface area contributed by atoms with Crippen LogP contribution in [0.25, 0.3) is 10.9 Å². The molecule has 3 heterocycles. The molecule has 2 aliphatic heterocycles. The summed E-state index contributed by atoms with van der Waals surface area (Å²) in [5.41, 5.74) is 5.40. The third-order valence-corrected chi connectivity index (χ3v) is 6.29. The number of aryl methyl sites for hydroxylation is 1. The van der Waals surface area contributed by atoms with E-state index in [0.29, 0.717) is 24.5 Å². The molecule has 0 fully saturated rings. The van der Waals surface area contributed by atoms with Crippen molar-refractivity contribution in [1.82, 2.24) is 9.88 Å². The third-order valence-electron chi connectivity index (χ3n) is 6.29. The maximum Gasteiger partial charge on any atom is 0.268 e. The molecule has 1 N–H and O–H groups in total. The van der Waals surface area contributed by atoms with Crippen molar-refractivity contribution in [1.29, 1.82) is 0 Å². The van der Waals surface area contributed by atoms with E-state index in [1.165, 1.54) is 22.2 Å². The number of nitrogens with one attached hydrogen (secondary N) is 1. The number of nitrogens with zero attached hydrogens (tertiary/aromatic N) is 2. The predicted octanol–water partition coefficient (Wildman–Crippen LogP) is 3.56. The number of H-pyrrole nitrogens is 1. The van der Waals surface area contributed by atoms with Gasteiger partial charge < -0.3 is 14.6 Å². The SMILES string of the molecule is Cc1cccc2c3c([nH]c12)CCN(C(=O)[C@@H](C)N1C(=O)[C@@H](C)Oc2ccccc21)C3. The minimum atomic E-state index is -0.611. The summed E-state index contributed by atoms with van der Waals surface area (Å²) >= 11 is 0. The monoisotopic (exact) mass is 403 g/mol. The zero-order chi connectivity index (χ0) is 21.0. The first-order valence-corrected chi connectivity index (χ1v) is 10.4. The number of rotatable bonds is 2. The molecule has 0 spiro atoms. The van der Waals surface area contributed by atoms with Crippen LogP contribution in [0.5, 0.6) is 5.75 Å². The standard InChI is InChI=1S/C24H25N3O3/c1-14-7-6-8-17-18-13-26(12-11-19(18)25-22(14)17)23(28)15(2)27-20-9-4-5-10-21(20)30-16(3)24(27)29/h4-10,15-16,25H,11-13H2,1-3H3/t15-,16-/m1/s1. The Labute approximate surface area is 175 Å². The van der Waals surface area contributed by atoms with Crippen LogP contribution in [0.4, 0.5) is 5.69 Å². The normalized spacial score (nSPS) is 19.3. The molecule has 154 valence electrons. The van der Waals surface area contributed by atoms with Crippen LogP contribution in [0.15, 0.2) is 42.5 Å². The van der Waals surface area contributed by atoms with Crippen molar-refractivity contribution in [2.75, 3.05) is 11.4 Å². The van der Waals surface area contributed by atoms with Gasteiger partial charge in [0.1, 0.15) is 11.8 Å². The van der Waals surface area contributed by atoms with Gasteiger partial charge in [-0.2, -0.15) is 0 Å².